The molecule has 0 aliphatic rings. The van der Waals surface area contributed by atoms with Crippen molar-refractivity contribution in [3.8, 4) is 0 Å². The molecule has 2 amide bonds. The van der Waals surface area contributed by atoms with Gasteiger partial charge in [0.1, 0.15) is 5.76 Å². The van der Waals surface area contributed by atoms with Crippen molar-refractivity contribution in [2.45, 2.75) is 6.04 Å². The zero-order valence-corrected chi connectivity index (χ0v) is 13.8. The maximum Gasteiger partial charge on any atom is 0.313 e. The first-order valence-electron chi connectivity index (χ1n) is 7.42. The van der Waals surface area contributed by atoms with E-state index in [9.17, 15) is 19.7 Å². The van der Waals surface area contributed by atoms with Crippen LogP contribution in [0.2, 0.25) is 0 Å². The number of furan rings is 1. The largest absolute Gasteiger partial charge is 0.468 e. The van der Waals surface area contributed by atoms with Gasteiger partial charge in [-0.05, 0) is 32.3 Å². The normalized spacial score (nSPS) is 11.8. The van der Waals surface area contributed by atoms with Crippen molar-refractivity contribution in [2.75, 3.05) is 26.0 Å². The number of anilines is 1. The Morgan fingerprint density at radius 3 is 2.60 bits per heavy atom. The second-order valence-electron chi connectivity index (χ2n) is 5.47. The molecule has 2 rings (SSSR count). The maximum atomic E-state index is 12.0. The van der Waals surface area contributed by atoms with Crippen molar-refractivity contribution in [1.82, 2.24) is 10.2 Å². The second kappa shape index (κ2) is 8.06. The molecule has 1 aromatic carbocycles. The van der Waals surface area contributed by atoms with Crippen LogP contribution < -0.4 is 10.6 Å². The number of likely N-dealkylation sites (N-methyl/N-ethyl adjacent to an activating group) is 1. The Morgan fingerprint density at radius 1 is 1.24 bits per heavy atom. The van der Waals surface area contributed by atoms with Crippen molar-refractivity contribution in [1.29, 1.82) is 0 Å². The molecule has 132 valence electrons. The molecule has 9 heteroatoms. The zero-order valence-electron chi connectivity index (χ0n) is 13.8. The van der Waals surface area contributed by atoms with E-state index in [4.69, 9.17) is 4.42 Å². The molecule has 1 heterocycles. The third-order valence-corrected chi connectivity index (χ3v) is 3.47. The summed E-state index contributed by atoms with van der Waals surface area (Å²) in [6.07, 6.45) is 1.53. The lowest BCUT2D eigenvalue weighted by molar-refractivity contribution is -0.384. The Hall–Kier alpha value is -3.20. The minimum absolute atomic E-state index is 0.168. The third-order valence-electron chi connectivity index (χ3n) is 3.47. The van der Waals surface area contributed by atoms with Gasteiger partial charge in [0, 0.05) is 24.4 Å². The molecule has 0 bridgehead atoms. The number of nitro benzene ring substituents is 1. The minimum Gasteiger partial charge on any atom is -0.468 e. The van der Waals surface area contributed by atoms with Crippen molar-refractivity contribution in [2.24, 2.45) is 0 Å². The quantitative estimate of drug-likeness (QED) is 0.465. The smallest absolute Gasteiger partial charge is 0.313 e. The molecular weight excluding hydrogens is 328 g/mol. The molecule has 0 radical (unpaired) electrons. The van der Waals surface area contributed by atoms with Crippen LogP contribution in [0.25, 0.3) is 0 Å². The zero-order chi connectivity index (χ0) is 18.4. The fourth-order valence-electron chi connectivity index (χ4n) is 2.17. The molecule has 2 aromatic rings. The molecule has 25 heavy (non-hydrogen) atoms. The van der Waals surface area contributed by atoms with Gasteiger partial charge in [-0.25, -0.2) is 0 Å². The van der Waals surface area contributed by atoms with E-state index in [0.29, 0.717) is 5.76 Å². The molecule has 0 saturated heterocycles. The fraction of sp³-hybridized carbons (Fsp3) is 0.250. The van der Waals surface area contributed by atoms with E-state index in [1.165, 1.54) is 30.5 Å². The van der Waals surface area contributed by atoms with Gasteiger partial charge in [0.15, 0.2) is 0 Å². The lowest BCUT2D eigenvalue weighted by atomic mass is 10.2. The van der Waals surface area contributed by atoms with Crippen molar-refractivity contribution >= 4 is 23.2 Å². The Bertz CT molecular complexity index is 758. The van der Waals surface area contributed by atoms with Crippen LogP contribution in [0.1, 0.15) is 11.8 Å². The highest BCUT2D eigenvalue weighted by atomic mass is 16.6. The van der Waals surface area contributed by atoms with E-state index in [2.05, 4.69) is 10.6 Å². The number of carbonyl (C=O) groups is 2. The number of rotatable bonds is 6. The Labute approximate surface area is 143 Å². The molecule has 1 unspecified atom stereocenters. The van der Waals surface area contributed by atoms with E-state index in [0.717, 1.165) is 0 Å². The lowest BCUT2D eigenvalue weighted by Crippen LogP contribution is -2.40. The first kappa shape index (κ1) is 18.1. The molecule has 0 saturated carbocycles. The summed E-state index contributed by atoms with van der Waals surface area (Å²) in [5.41, 5.74) is -0.00626. The van der Waals surface area contributed by atoms with E-state index in [1.807, 2.05) is 19.0 Å². The monoisotopic (exact) mass is 346 g/mol. The van der Waals surface area contributed by atoms with E-state index in [-0.39, 0.29) is 24.0 Å². The van der Waals surface area contributed by atoms with Gasteiger partial charge >= 0.3 is 11.8 Å². The highest BCUT2D eigenvalue weighted by Crippen LogP contribution is 2.18. The number of carbonyl (C=O) groups excluding carboxylic acids is 2. The predicted octanol–water partition coefficient (Wildman–Crippen LogP) is 1.55. The van der Waals surface area contributed by atoms with Gasteiger partial charge in [0.25, 0.3) is 5.69 Å². The van der Waals surface area contributed by atoms with Gasteiger partial charge in [-0.2, -0.15) is 0 Å². The number of hydrogen-bond donors (Lipinski definition) is 2. The first-order chi connectivity index (χ1) is 11.9. The number of amides is 2. The number of nitrogens with one attached hydrogen (secondary N) is 2. The van der Waals surface area contributed by atoms with Gasteiger partial charge in [0.2, 0.25) is 0 Å². The number of benzene rings is 1. The van der Waals surface area contributed by atoms with Crippen LogP contribution in [0, 0.1) is 10.1 Å². The van der Waals surface area contributed by atoms with Crippen LogP contribution in [0.4, 0.5) is 11.4 Å². The highest BCUT2D eigenvalue weighted by Gasteiger charge is 2.21. The molecule has 0 aliphatic carbocycles. The van der Waals surface area contributed by atoms with E-state index >= 15 is 0 Å². The topological polar surface area (TPSA) is 118 Å². The summed E-state index contributed by atoms with van der Waals surface area (Å²) >= 11 is 0. The maximum absolute atomic E-state index is 12.0. The Morgan fingerprint density at radius 2 is 2.00 bits per heavy atom. The van der Waals surface area contributed by atoms with E-state index < -0.39 is 16.7 Å². The Kier molecular flexibility index (Phi) is 5.85. The number of hydrogen-bond acceptors (Lipinski definition) is 6. The SMILES string of the molecule is CN(C)C(CNC(=O)C(=O)Nc1cccc([N+](=O)[O-])c1)c1ccco1. The van der Waals surface area contributed by atoms with Gasteiger partial charge < -0.3 is 15.1 Å². The summed E-state index contributed by atoms with van der Waals surface area (Å²) < 4.78 is 5.32. The number of nitro groups is 1. The molecule has 0 fully saturated rings. The van der Waals surface area contributed by atoms with Crippen LogP contribution >= 0.6 is 0 Å². The molecule has 9 nitrogen and oxygen atoms in total. The third kappa shape index (κ3) is 4.88. The molecule has 0 spiro atoms. The average molecular weight is 346 g/mol. The summed E-state index contributed by atoms with van der Waals surface area (Å²) in [5, 5.41) is 15.6. The Balaban J connectivity index is 1.95. The number of non-ortho nitro benzene ring substituents is 1. The standard InChI is InChI=1S/C16H18N4O5/c1-19(2)13(14-7-4-8-25-14)10-17-15(21)16(22)18-11-5-3-6-12(9-11)20(23)24/h3-9,13H,10H2,1-2H3,(H,17,21)(H,18,22). The summed E-state index contributed by atoms with van der Waals surface area (Å²) in [5.74, 6) is -1.09. The fourth-order valence-corrected chi connectivity index (χ4v) is 2.17. The van der Waals surface area contributed by atoms with Crippen LogP contribution in [-0.2, 0) is 9.59 Å². The van der Waals surface area contributed by atoms with Gasteiger partial charge in [-0.15, -0.1) is 0 Å². The highest BCUT2D eigenvalue weighted by molar-refractivity contribution is 6.39. The molecule has 1 aromatic heterocycles. The van der Waals surface area contributed by atoms with Gasteiger partial charge in [-0.1, -0.05) is 6.07 Å². The van der Waals surface area contributed by atoms with Crippen molar-refractivity contribution in [3.63, 3.8) is 0 Å². The molecule has 2 N–H and O–H groups in total. The van der Waals surface area contributed by atoms with Gasteiger partial charge in [-0.3, -0.25) is 24.6 Å². The van der Waals surface area contributed by atoms with Crippen LogP contribution in [0.3, 0.4) is 0 Å². The van der Waals surface area contributed by atoms with Gasteiger partial charge in [0.05, 0.1) is 17.2 Å². The molecule has 0 aliphatic heterocycles. The van der Waals surface area contributed by atoms with Crippen molar-refractivity contribution in [3.05, 3.63) is 58.5 Å². The molecule has 1 atom stereocenters. The molecular formula is C16H18N4O5. The van der Waals surface area contributed by atoms with Crippen LogP contribution in [0.15, 0.2) is 47.1 Å². The summed E-state index contributed by atoms with van der Waals surface area (Å²) in [6, 6.07) is 8.64. The summed E-state index contributed by atoms with van der Waals surface area (Å²) in [4.78, 5) is 35.9. The summed E-state index contributed by atoms with van der Waals surface area (Å²) in [6.45, 7) is 0.168. The van der Waals surface area contributed by atoms with Crippen LogP contribution in [-0.4, -0.2) is 42.3 Å². The lowest BCUT2D eigenvalue weighted by Gasteiger charge is -2.22. The average Bonchev–Trinajstić information content (AvgIpc) is 3.08. The first-order valence-corrected chi connectivity index (χ1v) is 7.42. The predicted molar refractivity (Wildman–Crippen MR) is 89.9 cm³/mol. The number of nitrogens with zero attached hydrogens (tertiary/aromatic N) is 2. The second-order valence-corrected chi connectivity index (χ2v) is 5.47. The van der Waals surface area contributed by atoms with Crippen molar-refractivity contribution < 1.29 is 18.9 Å². The van der Waals surface area contributed by atoms with E-state index in [1.54, 1.807) is 12.1 Å². The minimum atomic E-state index is -0.905. The van der Waals surface area contributed by atoms with Crippen LogP contribution in [0.5, 0.6) is 0 Å². The summed E-state index contributed by atoms with van der Waals surface area (Å²) in [7, 11) is 3.64.